The second kappa shape index (κ2) is 13.2. The van der Waals surface area contributed by atoms with Gasteiger partial charge >= 0.3 is 6.09 Å². The molecule has 2 aromatic carbocycles. The maximum Gasteiger partial charge on any atom is 0.408 e. The fourth-order valence-corrected chi connectivity index (χ4v) is 3.58. The number of hydrogen-bond acceptors (Lipinski definition) is 7. The number of terminal acetylenes is 1. The average Bonchev–Trinajstić information content (AvgIpc) is 2.85. The zero-order chi connectivity index (χ0) is 29.3. The quantitative estimate of drug-likeness (QED) is 0.267. The van der Waals surface area contributed by atoms with E-state index in [1.54, 1.807) is 52.0 Å². The number of nitrogens with two attached hydrogens (primary N) is 1. The lowest BCUT2D eigenvalue weighted by molar-refractivity contribution is -0.137. The molecule has 5 N–H and O–H groups in total. The largest absolute Gasteiger partial charge is 0.508 e. The minimum atomic E-state index is -1.37. The van der Waals surface area contributed by atoms with Gasteiger partial charge in [0.2, 0.25) is 5.91 Å². The van der Waals surface area contributed by atoms with Crippen LogP contribution in [0, 0.1) is 19.4 Å². The molecule has 0 radical (unpaired) electrons. The van der Waals surface area contributed by atoms with Crippen LogP contribution < -0.4 is 21.1 Å². The third-order valence-corrected chi connectivity index (χ3v) is 5.45. The number of aromatic hydroxyl groups is 1. The molecule has 0 aromatic heterocycles. The van der Waals surface area contributed by atoms with Crippen LogP contribution in [-0.2, 0) is 19.1 Å². The number of methoxy groups -OCH3 is 1. The molecule has 0 aliphatic rings. The van der Waals surface area contributed by atoms with Crippen molar-refractivity contribution in [1.29, 1.82) is 0 Å². The molecule has 11 nitrogen and oxygen atoms in total. The molecule has 0 aliphatic heterocycles. The van der Waals surface area contributed by atoms with Gasteiger partial charge in [0.25, 0.3) is 11.8 Å². The highest BCUT2D eigenvalue weighted by Gasteiger charge is 2.36. The number of primary amides is 1. The van der Waals surface area contributed by atoms with E-state index in [2.05, 4.69) is 16.7 Å². The van der Waals surface area contributed by atoms with Gasteiger partial charge in [0.05, 0.1) is 7.11 Å². The summed E-state index contributed by atoms with van der Waals surface area (Å²) in [6.45, 7) is 6.56. The zero-order valence-electron chi connectivity index (χ0n) is 22.6. The lowest BCUT2D eigenvalue weighted by Gasteiger charge is -2.30. The average molecular weight is 539 g/mol. The topological polar surface area (TPSA) is 160 Å². The first-order valence-electron chi connectivity index (χ1n) is 12.1. The molecule has 11 heteroatoms. The molecule has 2 aromatic rings. The molecule has 208 valence electrons. The van der Waals surface area contributed by atoms with Crippen LogP contribution >= 0.6 is 0 Å². The van der Waals surface area contributed by atoms with E-state index >= 15 is 0 Å². The van der Waals surface area contributed by atoms with Crippen LogP contribution in [0.2, 0.25) is 0 Å². The Morgan fingerprint density at radius 2 is 1.77 bits per heavy atom. The number of nitrogens with one attached hydrogen (secondary N) is 2. The van der Waals surface area contributed by atoms with Gasteiger partial charge in [0.1, 0.15) is 29.2 Å². The number of anilines is 1. The number of phenolic OH excluding ortho intramolecular Hbond substituents is 1. The Bertz CT molecular complexity index is 1250. The first kappa shape index (κ1) is 30.5. The second-order valence-corrected chi connectivity index (χ2v) is 9.71. The summed E-state index contributed by atoms with van der Waals surface area (Å²) in [5, 5.41) is 15.2. The molecular weight excluding hydrogens is 504 g/mol. The maximum atomic E-state index is 13.7. The van der Waals surface area contributed by atoms with Crippen LogP contribution in [0.5, 0.6) is 11.5 Å². The number of carbonyl (C=O) groups is 4. The highest BCUT2D eigenvalue weighted by molar-refractivity contribution is 5.99. The first-order chi connectivity index (χ1) is 18.2. The molecule has 0 aliphatic carbocycles. The van der Waals surface area contributed by atoms with Crippen LogP contribution in [-0.4, -0.2) is 52.6 Å². The normalized spacial score (nSPS) is 12.3. The Hall–Kier alpha value is -4.72. The molecule has 0 saturated carbocycles. The number of nitrogens with zero attached hydrogens (tertiary/aromatic N) is 1. The predicted molar refractivity (Wildman–Crippen MR) is 144 cm³/mol. The van der Waals surface area contributed by atoms with E-state index in [1.807, 2.05) is 0 Å². The van der Waals surface area contributed by atoms with Crippen molar-refractivity contribution in [3.8, 4) is 24.0 Å². The van der Waals surface area contributed by atoms with Crippen molar-refractivity contribution < 1.29 is 33.8 Å². The summed E-state index contributed by atoms with van der Waals surface area (Å²) in [7, 11) is 1.51. The number of rotatable bonds is 10. The van der Waals surface area contributed by atoms with E-state index < -0.39 is 41.5 Å². The van der Waals surface area contributed by atoms with E-state index in [0.29, 0.717) is 22.6 Å². The summed E-state index contributed by atoms with van der Waals surface area (Å²) in [6, 6.07) is 10.4. The first-order valence-corrected chi connectivity index (χ1v) is 12.1. The summed E-state index contributed by atoms with van der Waals surface area (Å²) < 4.78 is 10.4. The number of alkyl carbamates (subject to hydrolysis) is 1. The fraction of sp³-hybridized carbons (Fsp3) is 0.357. The van der Waals surface area contributed by atoms with Crippen LogP contribution in [0.4, 0.5) is 10.5 Å². The summed E-state index contributed by atoms with van der Waals surface area (Å²) >= 11 is 0. The molecule has 2 rings (SSSR count). The number of amides is 4. The van der Waals surface area contributed by atoms with E-state index in [0.717, 1.165) is 4.90 Å². The molecule has 2 atom stereocenters. The van der Waals surface area contributed by atoms with Crippen molar-refractivity contribution in [2.24, 2.45) is 5.73 Å². The van der Waals surface area contributed by atoms with Crippen molar-refractivity contribution in [3.63, 3.8) is 0 Å². The molecule has 0 saturated heterocycles. The molecule has 39 heavy (non-hydrogen) atoms. The van der Waals surface area contributed by atoms with E-state index in [1.165, 1.54) is 25.3 Å². The van der Waals surface area contributed by atoms with Gasteiger partial charge in [-0.15, -0.1) is 0 Å². The Morgan fingerprint density at radius 3 is 2.28 bits per heavy atom. The van der Waals surface area contributed by atoms with Crippen molar-refractivity contribution in [3.05, 3.63) is 53.6 Å². The fourth-order valence-electron chi connectivity index (χ4n) is 3.58. The van der Waals surface area contributed by atoms with Gasteiger partial charge in [-0.05, 0) is 81.6 Å². The molecule has 0 spiro atoms. The summed E-state index contributed by atoms with van der Waals surface area (Å²) in [6.07, 6.45) is 4.40. The van der Waals surface area contributed by atoms with Crippen LogP contribution in [0.15, 0.2) is 42.5 Å². The van der Waals surface area contributed by atoms with Gasteiger partial charge in [-0.2, -0.15) is 0 Å². The van der Waals surface area contributed by atoms with Gasteiger partial charge in [-0.3, -0.25) is 19.3 Å². The third kappa shape index (κ3) is 8.96. The zero-order valence-corrected chi connectivity index (χ0v) is 22.6. The van der Waals surface area contributed by atoms with Crippen molar-refractivity contribution in [2.45, 2.75) is 58.2 Å². The van der Waals surface area contributed by atoms with Gasteiger partial charge in [-0.1, -0.05) is 12.5 Å². The van der Waals surface area contributed by atoms with Gasteiger partial charge in [0.15, 0.2) is 0 Å². The Kier molecular flexibility index (Phi) is 10.3. The van der Waals surface area contributed by atoms with Crippen molar-refractivity contribution in [1.82, 2.24) is 10.2 Å². The minimum Gasteiger partial charge on any atom is -0.508 e. The van der Waals surface area contributed by atoms with Gasteiger partial charge < -0.3 is 30.9 Å². The van der Waals surface area contributed by atoms with E-state index in [-0.39, 0.29) is 18.6 Å². The number of carbonyl (C=O) groups excluding carboxylic acids is 4. The standard InChI is InChI=1S/C28H34N4O7/c1-7-32(26(36)21(13-15-23(29)34)31-27(37)39-28(3,4)5)24(18-8-14-22(33)17(2)16-18)25(35)30-19-9-11-20(38-6)12-10-19/h1,8-12,14,16,21,24,33H,13,15H2,2-6H3,(H2,29,34)(H,30,35)(H,31,37). The highest BCUT2D eigenvalue weighted by Crippen LogP contribution is 2.28. The van der Waals surface area contributed by atoms with E-state index in [9.17, 15) is 24.3 Å². The van der Waals surface area contributed by atoms with Crippen LogP contribution in [0.1, 0.15) is 50.8 Å². The molecular formula is C28H34N4O7. The number of aryl methyl sites for hydroxylation is 1. The minimum absolute atomic E-state index is 0.0161. The monoisotopic (exact) mass is 538 g/mol. The van der Waals surface area contributed by atoms with Crippen molar-refractivity contribution in [2.75, 3.05) is 12.4 Å². The molecule has 2 unspecified atom stereocenters. The van der Waals surface area contributed by atoms with Crippen LogP contribution in [0.3, 0.4) is 0 Å². The second-order valence-electron chi connectivity index (χ2n) is 9.71. The molecule has 0 heterocycles. The number of benzene rings is 2. The van der Waals surface area contributed by atoms with E-state index in [4.69, 9.17) is 21.6 Å². The lowest BCUT2D eigenvalue weighted by atomic mass is 10.00. The van der Waals surface area contributed by atoms with Gasteiger partial charge in [-0.25, -0.2) is 4.79 Å². The predicted octanol–water partition coefficient (Wildman–Crippen LogP) is 2.97. The van der Waals surface area contributed by atoms with Gasteiger partial charge in [0, 0.05) is 18.2 Å². The molecule has 0 bridgehead atoms. The summed E-state index contributed by atoms with van der Waals surface area (Å²) in [5.41, 5.74) is 5.56. The smallest absolute Gasteiger partial charge is 0.408 e. The Balaban J connectivity index is 2.49. The SMILES string of the molecule is C#CN(C(=O)C(CCC(N)=O)NC(=O)OC(C)(C)C)C(C(=O)Nc1ccc(OC)cc1)c1ccc(O)c(C)c1. The Morgan fingerprint density at radius 1 is 1.13 bits per heavy atom. The van der Waals surface area contributed by atoms with Crippen LogP contribution in [0.25, 0.3) is 0 Å². The third-order valence-electron chi connectivity index (χ3n) is 5.45. The summed E-state index contributed by atoms with van der Waals surface area (Å²) in [4.78, 5) is 52.1. The number of phenols is 1. The highest BCUT2D eigenvalue weighted by atomic mass is 16.6. The molecule has 4 amide bonds. The molecule has 0 fully saturated rings. The Labute approximate surface area is 227 Å². The maximum absolute atomic E-state index is 13.7. The van der Waals surface area contributed by atoms with Crippen molar-refractivity contribution >= 4 is 29.5 Å². The number of hydrogen-bond donors (Lipinski definition) is 4. The lowest BCUT2D eigenvalue weighted by Crippen LogP contribution is -2.51. The summed E-state index contributed by atoms with van der Waals surface area (Å²) in [5.74, 6) is -1.65. The number of ether oxygens (including phenoxy) is 2.